The Bertz CT molecular complexity index is 213. The van der Waals surface area contributed by atoms with Crippen LogP contribution in [0.3, 0.4) is 0 Å². The molecule has 1 saturated heterocycles. The van der Waals surface area contributed by atoms with Gasteiger partial charge in [-0.05, 0) is 32.8 Å². The molecule has 0 saturated carbocycles. The topological polar surface area (TPSA) is 46.3 Å². The minimum Gasteiger partial charge on any atom is -0.368 e. The van der Waals surface area contributed by atoms with E-state index in [0.29, 0.717) is 13.0 Å². The number of amides is 1. The van der Waals surface area contributed by atoms with Crippen molar-refractivity contribution in [2.45, 2.75) is 25.8 Å². The molecule has 0 spiro atoms. The Morgan fingerprint density at radius 3 is 3.18 bits per heavy atom. The maximum Gasteiger partial charge on any atom is 0.237 e. The quantitative estimate of drug-likeness (QED) is 0.594. The summed E-state index contributed by atoms with van der Waals surface area (Å²) in [6.07, 6.45) is 0.685. The summed E-state index contributed by atoms with van der Waals surface area (Å²) in [6.45, 7) is 0.540. The number of hydrogen-bond donors (Lipinski definition) is 1. The Labute approximate surface area is 71.8 Å². The molecule has 3 heteroatoms. The van der Waals surface area contributed by atoms with Crippen molar-refractivity contribution in [2.24, 2.45) is 11.7 Å². The molecule has 64 valence electrons. The lowest BCUT2D eigenvalue weighted by Gasteiger charge is -2.32. The standard InChI is InChI=1S/C8H16N2O/c1-6-4-5-10(3)8(6,2)7(9)11/h6H,4-5H2,1-3H3,(H2,9,11)/t6?,8-/m0/s1/i1D,2D,3D. The number of rotatable bonds is 1. The van der Waals surface area contributed by atoms with Gasteiger partial charge < -0.3 is 5.73 Å². The molecule has 1 aliphatic heterocycles. The number of likely N-dealkylation sites (tertiary alicyclic amines) is 1. The van der Waals surface area contributed by atoms with Gasteiger partial charge in [-0.25, -0.2) is 0 Å². The second kappa shape index (κ2) is 2.48. The van der Waals surface area contributed by atoms with Gasteiger partial charge in [-0.1, -0.05) is 6.90 Å². The van der Waals surface area contributed by atoms with Gasteiger partial charge in [0.05, 0.1) is 5.54 Å². The molecule has 1 unspecified atom stereocenters. The van der Waals surface area contributed by atoms with Crippen LogP contribution in [0, 0.1) is 5.92 Å². The molecular formula is C8H16N2O. The number of nitrogens with zero attached hydrogens (tertiary/aromatic N) is 1. The Kier molecular flexibility index (Phi) is 1.16. The molecule has 1 fully saturated rings. The zero-order chi connectivity index (χ0) is 10.8. The van der Waals surface area contributed by atoms with Gasteiger partial charge in [0, 0.05) is 4.11 Å². The van der Waals surface area contributed by atoms with Crippen LogP contribution < -0.4 is 5.73 Å². The van der Waals surface area contributed by atoms with Crippen molar-refractivity contribution in [3.63, 3.8) is 0 Å². The molecule has 1 amide bonds. The number of likely N-dealkylation sites (N-methyl/N-ethyl adjacent to an activating group) is 1. The van der Waals surface area contributed by atoms with E-state index >= 15 is 0 Å². The summed E-state index contributed by atoms with van der Waals surface area (Å²) in [7, 11) is -0.0294. The summed E-state index contributed by atoms with van der Waals surface area (Å²) in [5.74, 6) is -0.752. The maximum atomic E-state index is 11.4. The number of carbonyl (C=O) groups is 1. The zero-order valence-electron chi connectivity index (χ0n) is 9.55. The molecule has 2 N–H and O–H groups in total. The predicted octanol–water partition coefficient (Wildman–Crippen LogP) is 0.202. The van der Waals surface area contributed by atoms with E-state index in [4.69, 9.17) is 9.85 Å². The Balaban J connectivity index is 3.00. The molecular weight excluding hydrogens is 140 g/mol. The van der Waals surface area contributed by atoms with E-state index in [2.05, 4.69) is 0 Å². The van der Waals surface area contributed by atoms with E-state index < -0.39 is 11.4 Å². The van der Waals surface area contributed by atoms with Gasteiger partial charge in [0.25, 0.3) is 0 Å². The van der Waals surface area contributed by atoms with E-state index in [1.165, 1.54) is 0 Å². The third-order valence-electron chi connectivity index (χ3n) is 2.41. The highest BCUT2D eigenvalue weighted by atomic mass is 16.1. The van der Waals surface area contributed by atoms with E-state index in [9.17, 15) is 4.79 Å². The molecule has 0 aromatic rings. The molecule has 0 aromatic heterocycles. The maximum absolute atomic E-state index is 11.4. The highest BCUT2D eigenvalue weighted by Crippen LogP contribution is 2.32. The van der Waals surface area contributed by atoms with Crippen LogP contribution in [0.1, 0.15) is 24.3 Å². The van der Waals surface area contributed by atoms with Crippen LogP contribution in [0.4, 0.5) is 0 Å². The van der Waals surface area contributed by atoms with Crippen LogP contribution in [-0.2, 0) is 4.79 Å². The zero-order valence-corrected chi connectivity index (χ0v) is 6.55. The summed E-state index contributed by atoms with van der Waals surface area (Å²) >= 11 is 0. The molecule has 0 bridgehead atoms. The average molecular weight is 159 g/mol. The SMILES string of the molecule is [2H]CC1CCN(C[2H])[C@]1(C[2H])C(N)=O. The Morgan fingerprint density at radius 1 is 1.91 bits per heavy atom. The number of carbonyl (C=O) groups excluding carboxylic acids is 1. The van der Waals surface area contributed by atoms with Gasteiger partial charge in [-0.3, -0.25) is 9.69 Å². The second-order valence-corrected chi connectivity index (χ2v) is 3.04. The largest absolute Gasteiger partial charge is 0.368 e. The highest BCUT2D eigenvalue weighted by Gasteiger charge is 2.45. The Hall–Kier alpha value is -0.570. The van der Waals surface area contributed by atoms with Gasteiger partial charge in [0.1, 0.15) is 0 Å². The van der Waals surface area contributed by atoms with Gasteiger partial charge in [0.15, 0.2) is 0 Å². The minimum atomic E-state index is -1.07. The minimum absolute atomic E-state index is 0.0294. The third-order valence-corrected chi connectivity index (χ3v) is 2.41. The molecule has 0 aromatic carbocycles. The first kappa shape index (κ1) is 5.14. The van der Waals surface area contributed by atoms with E-state index in [0.717, 1.165) is 0 Å². The summed E-state index contributed by atoms with van der Waals surface area (Å²) in [5, 5.41) is 0. The lowest BCUT2D eigenvalue weighted by atomic mass is 9.88. The monoisotopic (exact) mass is 159 g/mol. The summed E-state index contributed by atoms with van der Waals surface area (Å²) in [6, 6.07) is 0. The van der Waals surface area contributed by atoms with E-state index in [1.807, 2.05) is 0 Å². The molecule has 1 aliphatic rings. The van der Waals surface area contributed by atoms with Crippen LogP contribution in [0.15, 0.2) is 0 Å². The predicted molar refractivity (Wildman–Crippen MR) is 44.0 cm³/mol. The first-order valence-corrected chi connectivity index (χ1v) is 3.56. The molecule has 1 rings (SSSR count). The van der Waals surface area contributed by atoms with Crippen LogP contribution in [0.5, 0.6) is 0 Å². The van der Waals surface area contributed by atoms with Crippen molar-refractivity contribution < 1.29 is 8.91 Å². The van der Waals surface area contributed by atoms with E-state index in [-0.39, 0.29) is 26.7 Å². The molecule has 2 atom stereocenters. The summed E-state index contributed by atoms with van der Waals surface area (Å²) in [5.41, 5.74) is 4.24. The summed E-state index contributed by atoms with van der Waals surface area (Å²) in [4.78, 5) is 13.0. The number of nitrogens with two attached hydrogens (primary N) is 1. The van der Waals surface area contributed by atoms with Gasteiger partial charge >= 0.3 is 0 Å². The van der Waals surface area contributed by atoms with Crippen LogP contribution in [0.25, 0.3) is 0 Å². The van der Waals surface area contributed by atoms with Gasteiger partial charge in [-0.2, -0.15) is 0 Å². The second-order valence-electron chi connectivity index (χ2n) is 3.04. The van der Waals surface area contributed by atoms with Gasteiger partial charge in [0.2, 0.25) is 5.91 Å². The van der Waals surface area contributed by atoms with Crippen molar-refractivity contribution in [1.29, 1.82) is 0 Å². The number of hydrogen-bond acceptors (Lipinski definition) is 2. The smallest absolute Gasteiger partial charge is 0.237 e. The number of primary amides is 1. The lowest BCUT2D eigenvalue weighted by Crippen LogP contribution is -2.53. The Morgan fingerprint density at radius 2 is 2.73 bits per heavy atom. The van der Waals surface area contributed by atoms with Crippen molar-refractivity contribution >= 4 is 5.91 Å². The fourth-order valence-corrected chi connectivity index (χ4v) is 1.37. The van der Waals surface area contributed by atoms with Crippen LogP contribution >= 0.6 is 0 Å². The highest BCUT2D eigenvalue weighted by molar-refractivity contribution is 5.84. The van der Waals surface area contributed by atoms with Gasteiger partial charge in [-0.15, -0.1) is 0 Å². The van der Waals surface area contributed by atoms with Crippen molar-refractivity contribution in [2.75, 3.05) is 13.6 Å². The fourth-order valence-electron chi connectivity index (χ4n) is 1.37. The molecule has 1 heterocycles. The molecule has 3 nitrogen and oxygen atoms in total. The first-order valence-electron chi connectivity index (χ1n) is 5.68. The van der Waals surface area contributed by atoms with E-state index in [1.54, 1.807) is 4.90 Å². The molecule has 0 aliphatic carbocycles. The van der Waals surface area contributed by atoms with Crippen molar-refractivity contribution in [1.82, 2.24) is 4.90 Å². The molecule has 11 heavy (non-hydrogen) atoms. The average Bonchev–Trinajstić information content (AvgIpc) is 2.55. The summed E-state index contributed by atoms with van der Waals surface area (Å²) < 4.78 is 22.1. The van der Waals surface area contributed by atoms with Crippen LogP contribution in [0.2, 0.25) is 0 Å². The van der Waals surface area contributed by atoms with Crippen molar-refractivity contribution in [3.8, 4) is 0 Å². The normalized spacial score (nSPS) is 42.9. The van der Waals surface area contributed by atoms with Crippen LogP contribution in [-0.4, -0.2) is 29.9 Å². The fraction of sp³-hybridized carbons (Fsp3) is 0.875. The molecule has 0 radical (unpaired) electrons. The van der Waals surface area contributed by atoms with Crippen molar-refractivity contribution in [3.05, 3.63) is 0 Å². The lowest BCUT2D eigenvalue weighted by molar-refractivity contribution is -0.128. The first-order chi connectivity index (χ1) is 6.63. The third kappa shape index (κ3) is 1.03.